The van der Waals surface area contributed by atoms with Gasteiger partial charge in [0.2, 0.25) is 0 Å². The maximum atomic E-state index is 3.89. The summed E-state index contributed by atoms with van der Waals surface area (Å²) in [5, 5.41) is 0. The molecule has 0 aliphatic carbocycles. The van der Waals surface area contributed by atoms with Crippen molar-refractivity contribution in [2.75, 3.05) is 20.6 Å². The Hall–Kier alpha value is 0.946. The summed E-state index contributed by atoms with van der Waals surface area (Å²) >= 11 is 3.33. The average molecular weight is 188 g/mol. The first-order chi connectivity index (χ1) is 3.66. The largest absolute Gasteiger partial charge is 0.502 e. The standard InChI is InChI=1S/C5H10N.BrH.Mg/c1-4-5-6(2)3;;/h1,5H2,2-3H3;1H;/q;;+1/p-1. The van der Waals surface area contributed by atoms with Crippen molar-refractivity contribution in [2.24, 2.45) is 0 Å². The van der Waals surface area contributed by atoms with Crippen molar-refractivity contribution in [1.82, 2.24) is 4.90 Å². The van der Waals surface area contributed by atoms with Gasteiger partial charge in [0.1, 0.15) is 0 Å². The van der Waals surface area contributed by atoms with Crippen LogP contribution in [0.1, 0.15) is 0 Å². The first kappa shape index (κ1) is 8.95. The third kappa shape index (κ3) is 5.09. The van der Waals surface area contributed by atoms with E-state index >= 15 is 0 Å². The van der Waals surface area contributed by atoms with Crippen molar-refractivity contribution in [3.8, 4) is 0 Å². The van der Waals surface area contributed by atoms with Crippen LogP contribution in [0.5, 0.6) is 0 Å². The molecule has 0 atom stereocenters. The fraction of sp³-hybridized carbons (Fsp3) is 0.600. The molecule has 0 saturated heterocycles. The van der Waals surface area contributed by atoms with Crippen molar-refractivity contribution >= 4 is 31.1 Å². The Balaban J connectivity index is 3.25. The Morgan fingerprint density at radius 3 is 2.38 bits per heavy atom. The van der Waals surface area contributed by atoms with Crippen LogP contribution < -0.4 is 0 Å². The molecule has 0 saturated carbocycles. The average Bonchev–Trinajstić information content (AvgIpc) is 1.65. The van der Waals surface area contributed by atoms with E-state index in [1.54, 1.807) is 0 Å². The number of likely N-dealkylation sites (N-methyl/N-ethyl adjacent to an activating group) is 1. The Morgan fingerprint density at radius 1 is 1.75 bits per heavy atom. The molecule has 0 aromatic rings. The molecule has 0 spiro atoms. The first-order valence-electron chi connectivity index (χ1n) is 2.54. The lowest BCUT2D eigenvalue weighted by Crippen LogP contribution is -2.15. The molecule has 3 heteroatoms. The summed E-state index contributed by atoms with van der Waals surface area (Å²) in [6.45, 7) is 4.93. The Bertz CT molecular complexity index is 82.5. The number of hydrogen-bond donors (Lipinski definition) is 0. The van der Waals surface area contributed by atoms with Crippen molar-refractivity contribution in [2.45, 2.75) is 0 Å². The van der Waals surface area contributed by atoms with Gasteiger partial charge in [-0.25, -0.2) is 0 Å². The Kier molecular flexibility index (Phi) is 5.36. The predicted molar refractivity (Wildman–Crippen MR) is 42.4 cm³/mol. The van der Waals surface area contributed by atoms with Gasteiger partial charge in [-0.1, -0.05) is 0 Å². The molecule has 1 nitrogen and oxygen atoms in total. The van der Waals surface area contributed by atoms with Gasteiger partial charge in [0.15, 0.2) is 0 Å². The molecule has 0 bridgehead atoms. The summed E-state index contributed by atoms with van der Waals surface area (Å²) in [6.07, 6.45) is 0. The van der Waals surface area contributed by atoms with E-state index in [9.17, 15) is 0 Å². The summed E-state index contributed by atoms with van der Waals surface area (Å²) in [5.74, 6) is 0. The summed E-state index contributed by atoms with van der Waals surface area (Å²) in [4.78, 5) is 2.14. The van der Waals surface area contributed by atoms with Gasteiger partial charge < -0.3 is 4.90 Å². The fourth-order valence-electron chi connectivity index (χ4n) is 0.489. The number of hydrogen-bond acceptors (Lipinski definition) is 1. The predicted octanol–water partition coefficient (Wildman–Crippen LogP) is 1.08. The van der Waals surface area contributed by atoms with Crippen LogP contribution in [0.4, 0.5) is 0 Å². The Morgan fingerprint density at radius 2 is 2.25 bits per heavy atom. The number of nitrogens with zero attached hydrogens (tertiary/aromatic N) is 1. The monoisotopic (exact) mass is 187 g/mol. The summed E-state index contributed by atoms with van der Waals surface area (Å²) in [6, 6.07) is 0. The van der Waals surface area contributed by atoms with Gasteiger partial charge in [-0.2, -0.15) is 3.70 Å². The maximum Gasteiger partial charge on any atom is 0.502 e. The molecular weight excluding hydrogens is 178 g/mol. The molecule has 0 aromatic carbocycles. The summed E-state index contributed by atoms with van der Waals surface area (Å²) in [7, 11) is 4.12. The van der Waals surface area contributed by atoms with E-state index < -0.39 is 0 Å². The van der Waals surface area contributed by atoms with Crippen LogP contribution in [0.2, 0.25) is 0 Å². The molecule has 0 aromatic heterocycles. The molecule has 0 fully saturated rings. The van der Waals surface area contributed by atoms with E-state index in [1.165, 1.54) is 3.70 Å². The van der Waals surface area contributed by atoms with Crippen molar-refractivity contribution in [3.05, 3.63) is 10.3 Å². The van der Waals surface area contributed by atoms with Gasteiger partial charge in [0.05, 0.1) is 0 Å². The number of halogens is 1. The fourth-order valence-corrected chi connectivity index (χ4v) is 1.55. The van der Waals surface area contributed by atoms with Crippen molar-refractivity contribution in [3.63, 3.8) is 0 Å². The van der Waals surface area contributed by atoms with Crippen LogP contribution >= 0.6 is 12.9 Å². The second kappa shape index (κ2) is 4.79. The normalized spacial score (nSPS) is 9.00. The van der Waals surface area contributed by atoms with E-state index in [0.717, 1.165) is 6.54 Å². The van der Waals surface area contributed by atoms with Gasteiger partial charge in [-0.15, -0.1) is 6.58 Å². The van der Waals surface area contributed by atoms with Gasteiger partial charge in [0.25, 0.3) is 0 Å². The lowest BCUT2D eigenvalue weighted by atomic mass is 10.6. The molecule has 0 unspecified atom stereocenters. The van der Waals surface area contributed by atoms with E-state index in [1.807, 2.05) is 0 Å². The molecule has 0 aliphatic heterocycles. The maximum absolute atomic E-state index is 3.89. The third-order valence-corrected chi connectivity index (χ3v) is 3.71. The van der Waals surface area contributed by atoms with Crippen LogP contribution in [0.3, 0.4) is 0 Å². The number of rotatable bonds is 3. The quantitative estimate of drug-likeness (QED) is 0.599. The summed E-state index contributed by atoms with van der Waals surface area (Å²) in [5.41, 5.74) is 0. The molecular formula is C5H10BrMgN. The minimum Gasteiger partial charge on any atom is -0.308 e. The third-order valence-electron chi connectivity index (χ3n) is 0.729. The van der Waals surface area contributed by atoms with Gasteiger partial charge in [-0.05, 0) is 20.6 Å². The SMILES string of the molecule is C=[C](CN(C)C)[Mg][Br]. The molecule has 0 amide bonds. The van der Waals surface area contributed by atoms with E-state index in [2.05, 4.69) is 38.5 Å². The molecule has 0 rings (SSSR count). The zero-order valence-electron chi connectivity index (χ0n) is 5.45. The van der Waals surface area contributed by atoms with Gasteiger partial charge >= 0.3 is 18.2 Å². The minimum absolute atomic E-state index is 0.128. The first-order valence-corrected chi connectivity index (χ1v) is 7.14. The molecule has 0 radical (unpaired) electrons. The highest BCUT2D eigenvalue weighted by Gasteiger charge is 1.95. The van der Waals surface area contributed by atoms with E-state index in [-0.39, 0.29) is 18.2 Å². The second-order valence-corrected chi connectivity index (χ2v) is 5.07. The van der Waals surface area contributed by atoms with E-state index in [0.29, 0.717) is 0 Å². The van der Waals surface area contributed by atoms with Crippen LogP contribution in [-0.2, 0) is 0 Å². The molecule has 0 N–H and O–H groups in total. The van der Waals surface area contributed by atoms with Crippen LogP contribution in [0.15, 0.2) is 10.3 Å². The highest BCUT2D eigenvalue weighted by Crippen LogP contribution is 1.92. The molecule has 0 aliphatic rings. The molecule has 8 heavy (non-hydrogen) atoms. The lowest BCUT2D eigenvalue weighted by Gasteiger charge is -2.09. The highest BCUT2D eigenvalue weighted by molar-refractivity contribution is 9.23. The van der Waals surface area contributed by atoms with Crippen molar-refractivity contribution < 1.29 is 0 Å². The van der Waals surface area contributed by atoms with Gasteiger partial charge in [0, 0.05) is 0 Å². The molecule has 0 heterocycles. The summed E-state index contributed by atoms with van der Waals surface area (Å²) < 4.78 is 1.36. The topological polar surface area (TPSA) is 3.24 Å². The van der Waals surface area contributed by atoms with Crippen LogP contribution in [0, 0.1) is 0 Å². The Labute approximate surface area is 66.7 Å². The lowest BCUT2D eigenvalue weighted by molar-refractivity contribution is 0.453. The minimum atomic E-state index is -0.128. The van der Waals surface area contributed by atoms with Crippen molar-refractivity contribution in [1.29, 1.82) is 0 Å². The van der Waals surface area contributed by atoms with Crippen LogP contribution in [-0.4, -0.2) is 43.7 Å². The molecule has 44 valence electrons. The van der Waals surface area contributed by atoms with Gasteiger partial charge in [-0.3, -0.25) is 12.9 Å². The highest BCUT2D eigenvalue weighted by atomic mass is 79.9. The smallest absolute Gasteiger partial charge is 0.308 e. The zero-order valence-corrected chi connectivity index (χ0v) is 8.45. The van der Waals surface area contributed by atoms with E-state index in [4.69, 9.17) is 0 Å². The zero-order chi connectivity index (χ0) is 6.57. The second-order valence-electron chi connectivity index (χ2n) is 2.12. The van der Waals surface area contributed by atoms with Crippen LogP contribution in [0.25, 0.3) is 0 Å².